The van der Waals surface area contributed by atoms with Crippen LogP contribution >= 0.6 is 0 Å². The van der Waals surface area contributed by atoms with Gasteiger partial charge in [-0.25, -0.2) is 9.37 Å². The number of piperidine rings is 1. The van der Waals surface area contributed by atoms with Gasteiger partial charge in [0.05, 0.1) is 17.3 Å². The van der Waals surface area contributed by atoms with Gasteiger partial charge in [-0.2, -0.15) is 0 Å². The monoisotopic (exact) mass is 473 g/mol. The topological polar surface area (TPSA) is 82.4 Å². The molecule has 3 heterocycles. The number of hydrogen-bond acceptors (Lipinski definition) is 5. The van der Waals surface area contributed by atoms with Crippen molar-refractivity contribution in [2.75, 3.05) is 23.7 Å². The molecule has 1 aliphatic rings. The highest BCUT2D eigenvalue weighted by molar-refractivity contribution is 6.04. The zero-order chi connectivity index (χ0) is 24.4. The Morgan fingerprint density at radius 2 is 1.89 bits per heavy atom. The van der Waals surface area contributed by atoms with Gasteiger partial charge < -0.3 is 20.3 Å². The summed E-state index contributed by atoms with van der Waals surface area (Å²) < 4.78 is 16.5. The van der Waals surface area contributed by atoms with E-state index in [4.69, 9.17) is 0 Å². The zero-order valence-corrected chi connectivity index (χ0v) is 19.5. The number of halogens is 1. The summed E-state index contributed by atoms with van der Waals surface area (Å²) in [5, 5.41) is 16.5. The SMILES string of the molecule is Cn1ccc2cc(Nc3ccnc(NC(=O)c4ccc(CN5CCC(O)CC5)cc4)c3)c(F)cc21. The van der Waals surface area contributed by atoms with E-state index in [-0.39, 0.29) is 17.8 Å². The molecule has 0 aliphatic carbocycles. The number of benzene rings is 2. The molecular formula is C27H28FN5O2. The van der Waals surface area contributed by atoms with E-state index in [1.165, 1.54) is 6.07 Å². The van der Waals surface area contributed by atoms with Gasteiger partial charge in [-0.05, 0) is 48.7 Å². The van der Waals surface area contributed by atoms with Crippen molar-refractivity contribution < 1.29 is 14.3 Å². The first-order valence-corrected chi connectivity index (χ1v) is 11.7. The Balaban J connectivity index is 1.23. The van der Waals surface area contributed by atoms with E-state index in [9.17, 15) is 14.3 Å². The van der Waals surface area contributed by atoms with Crippen molar-refractivity contribution in [2.45, 2.75) is 25.5 Å². The largest absolute Gasteiger partial charge is 0.393 e. The third-order valence-electron chi connectivity index (χ3n) is 6.43. The Hall–Kier alpha value is -3.75. The molecule has 35 heavy (non-hydrogen) atoms. The zero-order valence-electron chi connectivity index (χ0n) is 19.5. The van der Waals surface area contributed by atoms with Gasteiger partial charge in [0.2, 0.25) is 0 Å². The molecular weight excluding hydrogens is 445 g/mol. The highest BCUT2D eigenvalue weighted by Gasteiger charge is 2.17. The van der Waals surface area contributed by atoms with Gasteiger partial charge in [0, 0.05) is 67.8 Å². The summed E-state index contributed by atoms with van der Waals surface area (Å²) in [4.78, 5) is 19.3. The molecule has 0 unspecified atom stereocenters. The van der Waals surface area contributed by atoms with Crippen LogP contribution in [0.15, 0.2) is 67.0 Å². The van der Waals surface area contributed by atoms with E-state index in [0.29, 0.717) is 22.8 Å². The number of pyridine rings is 1. The number of amides is 1. The molecule has 0 atom stereocenters. The number of nitrogens with zero attached hydrogens (tertiary/aromatic N) is 3. The van der Waals surface area contributed by atoms with Crippen molar-refractivity contribution in [1.29, 1.82) is 0 Å². The Bertz CT molecular complexity index is 1340. The van der Waals surface area contributed by atoms with Crippen LogP contribution in [0, 0.1) is 5.82 Å². The molecule has 0 radical (unpaired) electrons. The number of hydrogen-bond donors (Lipinski definition) is 3. The molecule has 1 aliphatic heterocycles. The van der Waals surface area contributed by atoms with Crippen LogP contribution in [0.2, 0.25) is 0 Å². The third-order valence-corrected chi connectivity index (χ3v) is 6.43. The second-order valence-electron chi connectivity index (χ2n) is 9.03. The number of nitrogens with one attached hydrogen (secondary N) is 2. The number of anilines is 3. The summed E-state index contributed by atoms with van der Waals surface area (Å²) in [6.07, 6.45) is 4.87. The van der Waals surface area contributed by atoms with Crippen LogP contribution in [0.1, 0.15) is 28.8 Å². The molecule has 180 valence electrons. The number of likely N-dealkylation sites (tertiary alicyclic amines) is 1. The number of aromatic nitrogens is 2. The lowest BCUT2D eigenvalue weighted by Gasteiger charge is -2.29. The molecule has 0 bridgehead atoms. The Morgan fingerprint density at radius 1 is 1.11 bits per heavy atom. The first-order chi connectivity index (χ1) is 16.9. The van der Waals surface area contributed by atoms with Crippen molar-refractivity contribution in [1.82, 2.24) is 14.5 Å². The molecule has 1 fully saturated rings. The maximum absolute atomic E-state index is 14.6. The van der Waals surface area contributed by atoms with E-state index in [1.54, 1.807) is 36.5 Å². The van der Waals surface area contributed by atoms with Crippen LogP contribution in [-0.2, 0) is 13.6 Å². The van der Waals surface area contributed by atoms with Gasteiger partial charge in [0.25, 0.3) is 5.91 Å². The van der Waals surface area contributed by atoms with Crippen molar-refractivity contribution in [2.24, 2.45) is 7.05 Å². The van der Waals surface area contributed by atoms with Crippen LogP contribution in [0.25, 0.3) is 10.9 Å². The molecule has 0 saturated carbocycles. The normalized spacial score (nSPS) is 14.8. The second kappa shape index (κ2) is 9.85. The third kappa shape index (κ3) is 5.34. The maximum Gasteiger partial charge on any atom is 0.256 e. The van der Waals surface area contributed by atoms with Crippen molar-refractivity contribution >= 4 is 34.0 Å². The molecule has 2 aromatic heterocycles. The lowest BCUT2D eigenvalue weighted by atomic mass is 10.1. The fourth-order valence-corrected chi connectivity index (χ4v) is 4.40. The molecule has 3 N–H and O–H groups in total. The Labute approximate surface area is 203 Å². The lowest BCUT2D eigenvalue weighted by molar-refractivity contribution is 0.0792. The minimum atomic E-state index is -0.359. The summed E-state index contributed by atoms with van der Waals surface area (Å²) in [7, 11) is 1.88. The summed E-state index contributed by atoms with van der Waals surface area (Å²) in [5.41, 5.74) is 3.44. The first-order valence-electron chi connectivity index (χ1n) is 11.7. The predicted octanol–water partition coefficient (Wildman–Crippen LogP) is 4.67. The van der Waals surface area contributed by atoms with Crippen LogP contribution in [0.5, 0.6) is 0 Å². The number of aliphatic hydroxyl groups is 1. The molecule has 1 saturated heterocycles. The van der Waals surface area contributed by atoms with E-state index in [0.717, 1.165) is 48.9 Å². The first kappa shape index (κ1) is 23.0. The molecule has 8 heteroatoms. The van der Waals surface area contributed by atoms with Crippen LogP contribution in [0.4, 0.5) is 21.6 Å². The molecule has 2 aromatic carbocycles. The van der Waals surface area contributed by atoms with Crippen LogP contribution < -0.4 is 10.6 Å². The fourth-order valence-electron chi connectivity index (χ4n) is 4.40. The highest BCUT2D eigenvalue weighted by atomic mass is 19.1. The molecule has 7 nitrogen and oxygen atoms in total. The van der Waals surface area contributed by atoms with E-state index in [2.05, 4.69) is 20.5 Å². The van der Waals surface area contributed by atoms with Gasteiger partial charge in [-0.1, -0.05) is 12.1 Å². The van der Waals surface area contributed by atoms with E-state index < -0.39 is 0 Å². The number of carbonyl (C=O) groups is 1. The minimum absolute atomic E-state index is 0.189. The number of fused-ring (bicyclic) bond motifs is 1. The molecule has 4 aromatic rings. The van der Waals surface area contributed by atoms with Gasteiger partial charge in [-0.3, -0.25) is 9.69 Å². The number of rotatable bonds is 6. The van der Waals surface area contributed by atoms with Crippen molar-refractivity contribution in [3.8, 4) is 0 Å². The minimum Gasteiger partial charge on any atom is -0.393 e. The molecule has 1 amide bonds. The van der Waals surface area contributed by atoms with E-state index in [1.807, 2.05) is 36.0 Å². The standard InChI is InChI=1S/C27H28FN5O2/c1-32-11-7-20-14-24(23(28)16-25(20)32)30-21-6-10-29-26(15-21)31-27(35)19-4-2-18(3-5-19)17-33-12-8-22(34)9-13-33/h2-7,10-11,14-16,22,34H,8-9,12-13,17H2,1H3,(H2,29,30,31,35). The highest BCUT2D eigenvalue weighted by Crippen LogP contribution is 2.27. The smallest absolute Gasteiger partial charge is 0.256 e. The quantitative estimate of drug-likeness (QED) is 0.379. The second-order valence-corrected chi connectivity index (χ2v) is 9.03. The summed E-state index contributed by atoms with van der Waals surface area (Å²) in [6, 6.07) is 16.1. The Morgan fingerprint density at radius 3 is 2.66 bits per heavy atom. The number of aliphatic hydroxyl groups excluding tert-OH is 1. The summed E-state index contributed by atoms with van der Waals surface area (Å²) >= 11 is 0. The predicted molar refractivity (Wildman–Crippen MR) is 135 cm³/mol. The average molecular weight is 474 g/mol. The summed E-state index contributed by atoms with van der Waals surface area (Å²) in [6.45, 7) is 2.56. The number of carbonyl (C=O) groups excluding carboxylic acids is 1. The van der Waals surface area contributed by atoms with Gasteiger partial charge >= 0.3 is 0 Å². The van der Waals surface area contributed by atoms with Crippen LogP contribution in [-0.4, -0.2) is 44.7 Å². The maximum atomic E-state index is 14.6. The number of aryl methyl sites for hydroxylation is 1. The molecule has 5 rings (SSSR count). The fraction of sp³-hybridized carbons (Fsp3) is 0.259. The van der Waals surface area contributed by atoms with Gasteiger partial charge in [0.1, 0.15) is 11.6 Å². The Kier molecular flexibility index (Phi) is 6.48. The summed E-state index contributed by atoms with van der Waals surface area (Å²) in [5.74, 6) is -0.251. The van der Waals surface area contributed by atoms with E-state index >= 15 is 0 Å². The van der Waals surface area contributed by atoms with Gasteiger partial charge in [-0.15, -0.1) is 0 Å². The van der Waals surface area contributed by atoms with Crippen molar-refractivity contribution in [3.63, 3.8) is 0 Å². The van der Waals surface area contributed by atoms with Crippen molar-refractivity contribution in [3.05, 3.63) is 83.9 Å². The lowest BCUT2D eigenvalue weighted by Crippen LogP contribution is -2.35. The molecule has 0 spiro atoms. The van der Waals surface area contributed by atoms with Crippen LogP contribution in [0.3, 0.4) is 0 Å². The average Bonchev–Trinajstić information content (AvgIpc) is 3.21. The van der Waals surface area contributed by atoms with Gasteiger partial charge in [0.15, 0.2) is 0 Å².